The lowest BCUT2D eigenvalue weighted by molar-refractivity contribution is -0.139. The van der Waals surface area contributed by atoms with Crippen LogP contribution >= 0.6 is 12.1 Å². The van der Waals surface area contributed by atoms with Crippen LogP contribution in [0.2, 0.25) is 0 Å². The van der Waals surface area contributed by atoms with Crippen molar-refractivity contribution in [1.29, 1.82) is 0 Å². The fourth-order valence-corrected chi connectivity index (χ4v) is 3.44. The van der Waals surface area contributed by atoms with Gasteiger partial charge < -0.3 is 19.3 Å². The number of hydrogen-bond acceptors (Lipinski definition) is 7. The molecule has 0 atom stereocenters. The molecule has 3 aromatic rings. The van der Waals surface area contributed by atoms with Crippen LogP contribution in [0.1, 0.15) is 17.5 Å². The molecule has 0 unspecified atom stereocenters. The molecule has 1 heterocycles. The van der Waals surface area contributed by atoms with Crippen molar-refractivity contribution >= 4 is 43.5 Å². The van der Waals surface area contributed by atoms with E-state index in [9.17, 15) is 21.4 Å². The first kappa shape index (κ1) is 30.1. The molecular formula is C22H18B4F5N3O3S. The van der Waals surface area contributed by atoms with Crippen LogP contribution < -0.4 is 4.74 Å². The van der Waals surface area contributed by atoms with Crippen LogP contribution in [0, 0.1) is 5.82 Å². The van der Waals surface area contributed by atoms with Gasteiger partial charge in [0, 0.05) is 53.9 Å². The van der Waals surface area contributed by atoms with Crippen molar-refractivity contribution in [2.24, 2.45) is 0 Å². The second kappa shape index (κ2) is 11.7. The van der Waals surface area contributed by atoms with E-state index in [-0.39, 0.29) is 29.4 Å². The number of alkyl halides is 3. The summed E-state index contributed by atoms with van der Waals surface area (Å²) in [6, 6.07) is 6.88. The predicted molar refractivity (Wildman–Crippen MR) is 136 cm³/mol. The number of nitrogens with zero attached hydrogens (tertiary/aromatic N) is 3. The monoisotopic (exact) mass is 543 g/mol. The van der Waals surface area contributed by atoms with Gasteiger partial charge >= 0.3 is 6.18 Å². The van der Waals surface area contributed by atoms with Gasteiger partial charge in [0.15, 0.2) is 0 Å². The van der Waals surface area contributed by atoms with Crippen LogP contribution in [0.5, 0.6) is 5.75 Å². The Kier molecular flexibility index (Phi) is 9.31. The number of hydrogen-bond donors (Lipinski definition) is 1. The summed E-state index contributed by atoms with van der Waals surface area (Å²) in [6.07, 6.45) is -4.43. The third-order valence-corrected chi connectivity index (χ3v) is 6.00. The van der Waals surface area contributed by atoms with Gasteiger partial charge in [0.05, 0.1) is 21.3 Å². The molecule has 0 saturated carbocycles. The molecule has 192 valence electrons. The summed E-state index contributed by atoms with van der Waals surface area (Å²) in [4.78, 5) is 5.91. The summed E-state index contributed by atoms with van der Waals surface area (Å²) in [6.45, 7) is 0.888. The fourth-order valence-electron chi connectivity index (χ4n) is 3.28. The van der Waals surface area contributed by atoms with Gasteiger partial charge in [0.25, 0.3) is 5.89 Å². The van der Waals surface area contributed by atoms with E-state index in [2.05, 4.69) is 10.1 Å². The molecule has 0 aliphatic heterocycles. The lowest BCUT2D eigenvalue weighted by atomic mass is 9.44. The van der Waals surface area contributed by atoms with Crippen LogP contribution in [0.4, 0.5) is 21.4 Å². The van der Waals surface area contributed by atoms with Crippen LogP contribution in [-0.2, 0) is 12.7 Å². The Morgan fingerprint density at radius 3 is 2.37 bits per heavy atom. The summed E-state index contributed by atoms with van der Waals surface area (Å²) in [5, 5.41) is 9.92. The molecule has 16 heteroatoms. The van der Waals surface area contributed by atoms with Crippen LogP contribution in [0.3, 0.4) is 0 Å². The van der Waals surface area contributed by atoms with E-state index in [0.717, 1.165) is 12.1 Å². The normalized spacial score (nSPS) is 12.7. The topological polar surface area (TPSA) is 71.6 Å². The maximum Gasteiger partial charge on any atom is 0.419 e. The molecule has 0 bridgehead atoms. The molecule has 38 heavy (non-hydrogen) atoms. The fraction of sp³-hybridized carbons (Fsp3) is 0.364. The van der Waals surface area contributed by atoms with Gasteiger partial charge in [-0.2, -0.15) is 22.0 Å². The first-order chi connectivity index (χ1) is 17.7. The molecular weight excluding hydrogens is 525 g/mol. The molecule has 0 saturated heterocycles. The van der Waals surface area contributed by atoms with Crippen LogP contribution in [0.15, 0.2) is 40.9 Å². The molecule has 1 aromatic heterocycles. The lowest BCUT2D eigenvalue weighted by Crippen LogP contribution is -2.58. The number of aliphatic hydroxyl groups excluding tert-OH is 1. The third kappa shape index (κ3) is 6.95. The molecule has 0 spiro atoms. The Morgan fingerprint density at radius 2 is 1.76 bits per heavy atom. The van der Waals surface area contributed by atoms with Gasteiger partial charge in [-0.3, -0.25) is 0 Å². The van der Waals surface area contributed by atoms with E-state index >= 15 is 0 Å². The molecule has 2 aromatic carbocycles. The van der Waals surface area contributed by atoms with Crippen LogP contribution in [0.25, 0.3) is 22.8 Å². The molecule has 6 nitrogen and oxygen atoms in total. The van der Waals surface area contributed by atoms with E-state index in [1.807, 2.05) is 4.90 Å². The van der Waals surface area contributed by atoms with Gasteiger partial charge in [0.2, 0.25) is 5.82 Å². The summed E-state index contributed by atoms with van der Waals surface area (Å²) < 4.78 is 76.5. The highest BCUT2D eigenvalue weighted by molar-refractivity contribution is 7.98. The quantitative estimate of drug-likeness (QED) is 0.294. The van der Waals surface area contributed by atoms with Gasteiger partial charge in [-0.15, -0.1) is 0 Å². The molecule has 0 aliphatic rings. The largest absolute Gasteiger partial charge is 0.506 e. The maximum atomic E-state index is 14.7. The molecule has 0 amide bonds. The first-order valence-corrected chi connectivity index (χ1v) is 11.7. The number of aliphatic hydroxyl groups is 1. The molecule has 3 rings (SSSR count). The standard InChI is InChI=1S/C22H18B4F5N3O3S/c1-34(7-2-8-35)11-14-4-3-12(10-16(14)27)18-32-19(37-33-18)13-5-6-17(15(9-13)20(28,29)30)36-21(23,24)22(25,26)38-31/h3-6,9-10,35H,2,7-8,11H2,1H3. The van der Waals surface area contributed by atoms with Crippen molar-refractivity contribution in [3.63, 3.8) is 0 Å². The first-order valence-electron chi connectivity index (χ1n) is 11.0. The average molecular weight is 543 g/mol. The van der Waals surface area contributed by atoms with Crippen molar-refractivity contribution < 1.29 is 35.8 Å². The molecule has 8 radical (unpaired) electrons. The highest BCUT2D eigenvalue weighted by Gasteiger charge is 2.41. The predicted octanol–water partition coefficient (Wildman–Crippen LogP) is 3.35. The van der Waals surface area contributed by atoms with Crippen molar-refractivity contribution in [2.45, 2.75) is 29.1 Å². The van der Waals surface area contributed by atoms with Gasteiger partial charge in [0.1, 0.15) is 27.3 Å². The van der Waals surface area contributed by atoms with Gasteiger partial charge in [-0.25, -0.2) is 4.39 Å². The number of rotatable bonds is 11. The van der Waals surface area contributed by atoms with Crippen molar-refractivity contribution in [1.82, 2.24) is 15.0 Å². The minimum atomic E-state index is -4.97. The van der Waals surface area contributed by atoms with E-state index in [1.54, 1.807) is 13.1 Å². The lowest BCUT2D eigenvalue weighted by Gasteiger charge is -2.41. The van der Waals surface area contributed by atoms with Crippen LogP contribution in [-0.4, -0.2) is 81.7 Å². The van der Waals surface area contributed by atoms with Gasteiger partial charge in [-0.1, -0.05) is 17.3 Å². The number of aromatic nitrogens is 2. The van der Waals surface area contributed by atoms with E-state index in [0.29, 0.717) is 31.1 Å². The Morgan fingerprint density at radius 1 is 1.08 bits per heavy atom. The zero-order chi connectivity index (χ0) is 28.3. The zero-order valence-corrected chi connectivity index (χ0v) is 20.8. The summed E-state index contributed by atoms with van der Waals surface area (Å²) in [7, 11) is 23.6. The average Bonchev–Trinajstić information content (AvgIpc) is 3.33. The number of ether oxygens (including phenoxy) is 1. The molecule has 0 aliphatic carbocycles. The maximum absolute atomic E-state index is 14.7. The smallest absolute Gasteiger partial charge is 0.419 e. The highest BCUT2D eigenvalue weighted by Crippen LogP contribution is 2.41. The second-order valence-electron chi connectivity index (χ2n) is 8.52. The van der Waals surface area contributed by atoms with Gasteiger partial charge in [-0.05, 0) is 42.3 Å². The van der Waals surface area contributed by atoms with E-state index < -0.39 is 45.4 Å². The minimum Gasteiger partial charge on any atom is -0.506 e. The summed E-state index contributed by atoms with van der Waals surface area (Å²) >= 11 is -0.697. The zero-order valence-electron chi connectivity index (χ0n) is 20.0. The SMILES string of the molecule is [B]C([B])(Oc1ccc(-c2nc(-c3ccc(CN(C)CCCO)c(F)c3)no2)cc1C(F)(F)F)C([B])([B])SF. The number of benzene rings is 2. The Bertz CT molecular complexity index is 1260. The Balaban J connectivity index is 1.88. The van der Waals surface area contributed by atoms with E-state index in [1.165, 1.54) is 12.1 Å². The van der Waals surface area contributed by atoms with E-state index in [4.69, 9.17) is 45.8 Å². The Labute approximate surface area is 225 Å². The summed E-state index contributed by atoms with van der Waals surface area (Å²) in [5.41, 5.74) is -0.880. The molecule has 1 N–H and O–H groups in total. The van der Waals surface area contributed by atoms with Crippen molar-refractivity contribution in [3.05, 3.63) is 53.3 Å². The third-order valence-electron chi connectivity index (χ3n) is 5.42. The number of halogens is 5. The summed E-state index contributed by atoms with van der Waals surface area (Å²) in [5.74, 6) is -1.78. The van der Waals surface area contributed by atoms with Crippen molar-refractivity contribution in [2.75, 3.05) is 20.2 Å². The second-order valence-corrected chi connectivity index (χ2v) is 9.35. The highest BCUT2D eigenvalue weighted by atomic mass is 32.2. The minimum absolute atomic E-state index is 0.0212. The van der Waals surface area contributed by atoms with Crippen molar-refractivity contribution in [3.8, 4) is 28.6 Å². The molecule has 0 fully saturated rings. The Hall–Kier alpha value is -2.44.